The second-order valence-electron chi connectivity index (χ2n) is 7.89. The van der Waals surface area contributed by atoms with Gasteiger partial charge in [0.15, 0.2) is 8.32 Å². The smallest absolute Gasteiger partial charge is 0.352 e. The van der Waals surface area contributed by atoms with Crippen LogP contribution in [0.25, 0.3) is 0 Å². The molecule has 0 aliphatic heterocycles. The number of hydrogen-bond donors (Lipinski definition) is 0. The third-order valence-corrected chi connectivity index (χ3v) is 10.1. The van der Waals surface area contributed by atoms with Gasteiger partial charge in [0, 0.05) is 11.2 Å². The van der Waals surface area contributed by atoms with Crippen LogP contribution in [0, 0.1) is 5.92 Å². The SMILES string of the molecule is CCOC(=O)C(=NC[C@H](CBr)O[Si](C)(C)C(C)(C)C)C1C=CC(F)=CC1. The lowest BCUT2D eigenvalue weighted by molar-refractivity contribution is -0.135. The van der Waals surface area contributed by atoms with Crippen LogP contribution in [0.2, 0.25) is 18.1 Å². The lowest BCUT2D eigenvalue weighted by atomic mass is 9.95. The van der Waals surface area contributed by atoms with E-state index in [9.17, 15) is 9.18 Å². The van der Waals surface area contributed by atoms with Gasteiger partial charge in [-0.15, -0.1) is 0 Å². The quantitative estimate of drug-likeness (QED) is 0.222. The minimum absolute atomic E-state index is 0.0928. The molecule has 2 atom stereocenters. The van der Waals surface area contributed by atoms with Crippen LogP contribution in [0.1, 0.15) is 34.1 Å². The van der Waals surface area contributed by atoms with E-state index in [0.717, 1.165) is 0 Å². The van der Waals surface area contributed by atoms with Gasteiger partial charge >= 0.3 is 5.97 Å². The van der Waals surface area contributed by atoms with Crippen molar-refractivity contribution in [1.29, 1.82) is 0 Å². The van der Waals surface area contributed by atoms with E-state index >= 15 is 0 Å². The Morgan fingerprint density at radius 2 is 2.12 bits per heavy atom. The molecule has 1 rings (SSSR count). The molecule has 1 aliphatic rings. The van der Waals surface area contributed by atoms with Gasteiger partial charge in [-0.05, 0) is 43.6 Å². The van der Waals surface area contributed by atoms with Crippen LogP contribution in [-0.4, -0.2) is 44.6 Å². The third kappa shape index (κ3) is 6.74. The topological polar surface area (TPSA) is 47.9 Å². The summed E-state index contributed by atoms with van der Waals surface area (Å²) in [5.74, 6) is -1.00. The van der Waals surface area contributed by atoms with Gasteiger partial charge < -0.3 is 9.16 Å². The molecule has 148 valence electrons. The Hall–Kier alpha value is -0.793. The average Bonchev–Trinajstić information content (AvgIpc) is 2.54. The van der Waals surface area contributed by atoms with E-state index in [1.54, 1.807) is 13.0 Å². The number of hydrogen-bond acceptors (Lipinski definition) is 4. The fraction of sp³-hybridized carbons (Fsp3) is 0.684. The van der Waals surface area contributed by atoms with Gasteiger partial charge in [0.25, 0.3) is 0 Å². The second kappa shape index (κ2) is 9.94. The van der Waals surface area contributed by atoms with Gasteiger partial charge in [-0.2, -0.15) is 0 Å². The molecule has 0 radical (unpaired) electrons. The van der Waals surface area contributed by atoms with Crippen molar-refractivity contribution >= 4 is 35.9 Å². The highest BCUT2D eigenvalue weighted by Crippen LogP contribution is 2.37. The predicted molar refractivity (Wildman–Crippen MR) is 111 cm³/mol. The van der Waals surface area contributed by atoms with E-state index in [-0.39, 0.29) is 29.5 Å². The number of ether oxygens (including phenoxy) is 1. The number of esters is 1. The average molecular weight is 448 g/mol. The molecule has 0 saturated heterocycles. The van der Waals surface area contributed by atoms with Crippen LogP contribution in [0.4, 0.5) is 4.39 Å². The Bertz CT molecular complexity index is 582. The minimum atomic E-state index is -1.94. The molecule has 1 aliphatic carbocycles. The normalized spacial score (nSPS) is 19.9. The van der Waals surface area contributed by atoms with Crippen LogP contribution < -0.4 is 0 Å². The summed E-state index contributed by atoms with van der Waals surface area (Å²) in [5, 5.41) is 0.726. The van der Waals surface area contributed by atoms with E-state index in [1.807, 2.05) is 0 Å². The van der Waals surface area contributed by atoms with Gasteiger partial charge in [-0.3, -0.25) is 4.99 Å². The molecule has 7 heteroatoms. The van der Waals surface area contributed by atoms with Crippen molar-refractivity contribution in [2.45, 2.75) is 58.4 Å². The predicted octanol–water partition coefficient (Wildman–Crippen LogP) is 5.21. The highest BCUT2D eigenvalue weighted by atomic mass is 79.9. The lowest BCUT2D eigenvalue weighted by Gasteiger charge is -2.38. The number of allylic oxidation sites excluding steroid dienone is 4. The van der Waals surface area contributed by atoms with Crippen LogP contribution in [0.15, 0.2) is 29.0 Å². The maximum Gasteiger partial charge on any atom is 0.352 e. The molecule has 0 bridgehead atoms. The number of halogens is 2. The van der Waals surface area contributed by atoms with Crippen molar-refractivity contribution < 1.29 is 18.3 Å². The van der Waals surface area contributed by atoms with Crippen LogP contribution >= 0.6 is 15.9 Å². The number of aliphatic imine (C=N–C) groups is 1. The molecular weight excluding hydrogens is 417 g/mol. The van der Waals surface area contributed by atoms with E-state index < -0.39 is 14.3 Å². The molecule has 0 saturated carbocycles. The number of rotatable bonds is 8. The molecule has 0 aromatic carbocycles. The Kier molecular flexibility index (Phi) is 8.89. The van der Waals surface area contributed by atoms with E-state index in [1.165, 1.54) is 12.2 Å². The zero-order valence-electron chi connectivity index (χ0n) is 16.6. The van der Waals surface area contributed by atoms with Gasteiger partial charge in [0.05, 0.1) is 19.3 Å². The van der Waals surface area contributed by atoms with Crippen LogP contribution in [0.3, 0.4) is 0 Å². The van der Waals surface area contributed by atoms with Gasteiger partial charge in [-0.25, -0.2) is 9.18 Å². The summed E-state index contributed by atoms with van der Waals surface area (Å²) < 4.78 is 24.8. The van der Waals surface area contributed by atoms with Gasteiger partial charge in [-0.1, -0.05) is 42.8 Å². The molecule has 0 aromatic heterocycles. The molecule has 0 N–H and O–H groups in total. The summed E-state index contributed by atoms with van der Waals surface area (Å²) in [6, 6.07) is 0. The Morgan fingerprint density at radius 1 is 1.46 bits per heavy atom. The molecule has 0 amide bonds. The van der Waals surface area contributed by atoms with E-state index in [4.69, 9.17) is 9.16 Å². The summed E-state index contributed by atoms with van der Waals surface area (Å²) in [6.45, 7) is 13.3. The molecule has 1 unspecified atom stereocenters. The van der Waals surface area contributed by atoms with Gasteiger partial charge in [0.2, 0.25) is 0 Å². The molecule has 0 spiro atoms. The Labute approximate surface area is 166 Å². The van der Waals surface area contributed by atoms with Crippen molar-refractivity contribution in [3.8, 4) is 0 Å². The zero-order chi connectivity index (χ0) is 20.0. The molecule has 4 nitrogen and oxygen atoms in total. The maximum atomic E-state index is 13.2. The maximum absolute atomic E-state index is 13.2. The van der Waals surface area contributed by atoms with E-state index in [2.05, 4.69) is 54.8 Å². The first-order valence-corrected chi connectivity index (χ1v) is 13.0. The van der Waals surface area contributed by atoms with Crippen LogP contribution in [0.5, 0.6) is 0 Å². The number of alkyl halides is 1. The largest absolute Gasteiger partial charge is 0.462 e. The van der Waals surface area contributed by atoms with E-state index in [0.29, 0.717) is 24.0 Å². The standard InChI is InChI=1S/C19H31BrFNO3Si/c1-7-24-18(23)17(14-8-10-15(21)11-9-14)22-13-16(12-20)25-26(5,6)19(2,3)4/h8,10-11,14,16H,7,9,12-13H2,1-6H3/t14?,16-/m0/s1. The first-order valence-electron chi connectivity index (χ1n) is 9.01. The molecular formula is C19H31BrFNO3Si. The number of nitrogens with zero attached hydrogens (tertiary/aromatic N) is 1. The molecule has 26 heavy (non-hydrogen) atoms. The highest BCUT2D eigenvalue weighted by molar-refractivity contribution is 9.09. The Morgan fingerprint density at radius 3 is 2.58 bits per heavy atom. The van der Waals surface area contributed by atoms with Crippen molar-refractivity contribution in [3.05, 3.63) is 24.1 Å². The second-order valence-corrected chi connectivity index (χ2v) is 13.3. The van der Waals surface area contributed by atoms with Crippen molar-refractivity contribution in [2.75, 3.05) is 18.5 Å². The summed E-state index contributed by atoms with van der Waals surface area (Å²) in [4.78, 5) is 16.9. The first-order chi connectivity index (χ1) is 12.0. The van der Waals surface area contributed by atoms with Crippen molar-refractivity contribution in [3.63, 3.8) is 0 Å². The summed E-state index contributed by atoms with van der Waals surface area (Å²) >= 11 is 3.50. The number of carbonyl (C=O) groups is 1. The molecule has 0 fully saturated rings. The summed E-state index contributed by atoms with van der Waals surface area (Å²) in [5.41, 5.74) is 0.330. The zero-order valence-corrected chi connectivity index (χ0v) is 19.2. The summed E-state index contributed by atoms with van der Waals surface area (Å²) in [6.07, 6.45) is 4.79. The van der Waals surface area contributed by atoms with Gasteiger partial charge in [0.1, 0.15) is 11.5 Å². The molecule has 0 aromatic rings. The lowest BCUT2D eigenvalue weighted by Crippen LogP contribution is -2.45. The summed E-state index contributed by atoms with van der Waals surface area (Å²) in [7, 11) is -1.94. The van der Waals surface area contributed by atoms with Crippen LogP contribution in [-0.2, 0) is 14.0 Å². The van der Waals surface area contributed by atoms with Crippen molar-refractivity contribution in [2.24, 2.45) is 10.9 Å². The minimum Gasteiger partial charge on any atom is -0.462 e. The van der Waals surface area contributed by atoms with Crippen molar-refractivity contribution in [1.82, 2.24) is 0 Å². The third-order valence-electron chi connectivity index (χ3n) is 4.80. The number of carbonyl (C=O) groups excluding carboxylic acids is 1. The fourth-order valence-corrected chi connectivity index (χ4v) is 4.17. The monoisotopic (exact) mass is 447 g/mol. The first kappa shape index (κ1) is 23.2. The highest BCUT2D eigenvalue weighted by Gasteiger charge is 2.39. The molecule has 0 heterocycles. The fourth-order valence-electron chi connectivity index (χ4n) is 2.25. The Balaban J connectivity index is 2.94.